The van der Waals surface area contributed by atoms with Gasteiger partial charge < -0.3 is 10.6 Å². The molecule has 114 valence electrons. The summed E-state index contributed by atoms with van der Waals surface area (Å²) in [6, 6.07) is 5.28. The molecule has 0 saturated heterocycles. The third-order valence-corrected chi connectivity index (χ3v) is 2.93. The van der Waals surface area contributed by atoms with Crippen molar-refractivity contribution in [2.75, 3.05) is 13.6 Å². The van der Waals surface area contributed by atoms with Crippen molar-refractivity contribution in [3.63, 3.8) is 0 Å². The van der Waals surface area contributed by atoms with Gasteiger partial charge in [-0.05, 0) is 36.5 Å². The highest BCUT2D eigenvalue weighted by molar-refractivity contribution is 14.0. The second-order valence-electron chi connectivity index (χ2n) is 5.12. The molecule has 0 aliphatic rings. The normalized spacial score (nSPS) is 11.2. The van der Waals surface area contributed by atoms with Crippen molar-refractivity contribution in [2.45, 2.75) is 33.7 Å². The Kier molecular flexibility index (Phi) is 9.54. The van der Waals surface area contributed by atoms with Crippen molar-refractivity contribution < 1.29 is 4.39 Å². The lowest BCUT2D eigenvalue weighted by Crippen LogP contribution is -2.37. The maximum Gasteiger partial charge on any atom is 0.191 e. The molecule has 5 heteroatoms. The Morgan fingerprint density at radius 1 is 1.30 bits per heavy atom. The summed E-state index contributed by atoms with van der Waals surface area (Å²) in [6.07, 6.45) is 1.10. The zero-order chi connectivity index (χ0) is 14.3. The molecular weight excluding hydrogens is 368 g/mol. The van der Waals surface area contributed by atoms with Gasteiger partial charge in [-0.15, -0.1) is 24.0 Å². The molecule has 3 nitrogen and oxygen atoms in total. The fourth-order valence-corrected chi connectivity index (χ4v) is 1.63. The lowest BCUT2D eigenvalue weighted by Gasteiger charge is -2.13. The molecule has 1 rings (SSSR count). The smallest absolute Gasteiger partial charge is 0.191 e. The minimum Gasteiger partial charge on any atom is -0.356 e. The van der Waals surface area contributed by atoms with Crippen LogP contribution in [0.4, 0.5) is 4.39 Å². The van der Waals surface area contributed by atoms with E-state index in [0.29, 0.717) is 18.0 Å². The van der Waals surface area contributed by atoms with Gasteiger partial charge in [-0.25, -0.2) is 4.39 Å². The highest BCUT2D eigenvalue weighted by Crippen LogP contribution is 2.08. The summed E-state index contributed by atoms with van der Waals surface area (Å²) in [4.78, 5) is 4.14. The summed E-state index contributed by atoms with van der Waals surface area (Å²) in [5.74, 6) is 1.25. The van der Waals surface area contributed by atoms with Crippen LogP contribution in [-0.2, 0) is 6.54 Å². The molecule has 0 atom stereocenters. The monoisotopic (exact) mass is 393 g/mol. The first-order valence-electron chi connectivity index (χ1n) is 6.72. The van der Waals surface area contributed by atoms with Crippen LogP contribution in [0.15, 0.2) is 23.2 Å². The van der Waals surface area contributed by atoms with E-state index < -0.39 is 0 Å². The number of rotatable bonds is 5. The molecule has 0 amide bonds. The van der Waals surface area contributed by atoms with E-state index in [0.717, 1.165) is 24.5 Å². The maximum atomic E-state index is 13.4. The summed E-state index contributed by atoms with van der Waals surface area (Å²) in [6.45, 7) is 7.59. The number of hydrogen-bond acceptors (Lipinski definition) is 1. The number of aryl methyl sites for hydroxylation is 1. The Labute approximate surface area is 138 Å². The Morgan fingerprint density at radius 2 is 2.00 bits per heavy atom. The summed E-state index contributed by atoms with van der Waals surface area (Å²) in [7, 11) is 1.74. The molecule has 20 heavy (non-hydrogen) atoms. The number of benzene rings is 1. The van der Waals surface area contributed by atoms with E-state index in [1.165, 1.54) is 0 Å². The van der Waals surface area contributed by atoms with E-state index in [2.05, 4.69) is 29.5 Å². The van der Waals surface area contributed by atoms with Gasteiger partial charge in [0.1, 0.15) is 5.82 Å². The molecule has 1 aromatic carbocycles. The van der Waals surface area contributed by atoms with Crippen LogP contribution in [0.3, 0.4) is 0 Å². The lowest BCUT2D eigenvalue weighted by molar-refractivity contribution is 0.573. The molecule has 0 fully saturated rings. The Hall–Kier alpha value is -0.850. The van der Waals surface area contributed by atoms with Crippen molar-refractivity contribution in [1.29, 1.82) is 0 Å². The van der Waals surface area contributed by atoms with E-state index >= 15 is 0 Å². The van der Waals surface area contributed by atoms with Gasteiger partial charge in [-0.2, -0.15) is 0 Å². The minimum absolute atomic E-state index is 0. The average Bonchev–Trinajstić information content (AvgIpc) is 2.37. The number of aliphatic imine (C=N–C) groups is 1. The molecule has 0 aromatic heterocycles. The molecule has 1 aromatic rings. The van der Waals surface area contributed by atoms with Crippen LogP contribution in [0.2, 0.25) is 0 Å². The van der Waals surface area contributed by atoms with Gasteiger partial charge in [0.25, 0.3) is 0 Å². The second-order valence-corrected chi connectivity index (χ2v) is 5.12. The molecule has 0 aliphatic heterocycles. The van der Waals surface area contributed by atoms with Crippen LogP contribution >= 0.6 is 24.0 Å². The molecule has 0 unspecified atom stereocenters. The standard InChI is InChI=1S/C15H24FN3.HI/c1-11(2)7-8-18-15(17-4)19-10-13-6-5-12(3)14(16)9-13;/h5-6,9,11H,7-8,10H2,1-4H3,(H2,17,18,19);1H. The molecule has 2 N–H and O–H groups in total. The van der Waals surface area contributed by atoms with E-state index in [-0.39, 0.29) is 29.8 Å². The van der Waals surface area contributed by atoms with Crippen LogP contribution in [0, 0.1) is 18.7 Å². The van der Waals surface area contributed by atoms with Gasteiger partial charge >= 0.3 is 0 Å². The SMILES string of the molecule is CN=C(NCCC(C)C)NCc1ccc(C)c(F)c1.I. The Morgan fingerprint density at radius 3 is 2.55 bits per heavy atom. The molecular formula is C15H25FIN3. The highest BCUT2D eigenvalue weighted by atomic mass is 127. The van der Waals surface area contributed by atoms with E-state index in [1.807, 2.05) is 6.07 Å². The van der Waals surface area contributed by atoms with Gasteiger partial charge in [0, 0.05) is 20.1 Å². The van der Waals surface area contributed by atoms with Crippen LogP contribution in [-0.4, -0.2) is 19.6 Å². The minimum atomic E-state index is -0.165. The van der Waals surface area contributed by atoms with Crippen LogP contribution in [0.25, 0.3) is 0 Å². The van der Waals surface area contributed by atoms with Gasteiger partial charge in [0.15, 0.2) is 5.96 Å². The number of nitrogens with zero attached hydrogens (tertiary/aromatic N) is 1. The van der Waals surface area contributed by atoms with Crippen molar-refractivity contribution in [1.82, 2.24) is 10.6 Å². The molecule has 0 aliphatic carbocycles. The van der Waals surface area contributed by atoms with Gasteiger partial charge in [0.05, 0.1) is 0 Å². The third kappa shape index (κ3) is 7.07. The van der Waals surface area contributed by atoms with E-state index in [1.54, 1.807) is 26.1 Å². The number of guanidine groups is 1. The van der Waals surface area contributed by atoms with Gasteiger partial charge in [-0.3, -0.25) is 4.99 Å². The average molecular weight is 393 g/mol. The summed E-state index contributed by atoms with van der Waals surface area (Å²) < 4.78 is 13.4. The molecule has 0 heterocycles. The topological polar surface area (TPSA) is 36.4 Å². The number of halogens is 2. The molecule has 0 radical (unpaired) electrons. The first-order valence-corrected chi connectivity index (χ1v) is 6.72. The van der Waals surface area contributed by atoms with Crippen molar-refractivity contribution in [2.24, 2.45) is 10.9 Å². The van der Waals surface area contributed by atoms with Crippen molar-refractivity contribution in [3.8, 4) is 0 Å². The summed E-state index contributed by atoms with van der Waals surface area (Å²) in [5, 5.41) is 6.42. The van der Waals surface area contributed by atoms with E-state index in [4.69, 9.17) is 0 Å². The second kappa shape index (κ2) is 9.96. The van der Waals surface area contributed by atoms with Gasteiger partial charge in [0.2, 0.25) is 0 Å². The fraction of sp³-hybridized carbons (Fsp3) is 0.533. The lowest BCUT2D eigenvalue weighted by atomic mass is 10.1. The molecule has 0 saturated carbocycles. The third-order valence-electron chi connectivity index (χ3n) is 2.93. The van der Waals surface area contributed by atoms with Gasteiger partial charge in [-0.1, -0.05) is 26.0 Å². The van der Waals surface area contributed by atoms with Crippen molar-refractivity contribution >= 4 is 29.9 Å². The Balaban J connectivity index is 0.00000361. The first-order chi connectivity index (χ1) is 9.02. The van der Waals surface area contributed by atoms with Crippen LogP contribution < -0.4 is 10.6 Å². The molecule has 0 bridgehead atoms. The zero-order valence-corrected chi connectivity index (χ0v) is 15.0. The van der Waals surface area contributed by atoms with Crippen LogP contribution in [0.1, 0.15) is 31.4 Å². The number of nitrogens with one attached hydrogen (secondary N) is 2. The summed E-state index contributed by atoms with van der Waals surface area (Å²) in [5.41, 5.74) is 1.58. The predicted molar refractivity (Wildman–Crippen MR) is 94.2 cm³/mol. The first kappa shape index (κ1) is 19.1. The summed E-state index contributed by atoms with van der Waals surface area (Å²) >= 11 is 0. The Bertz CT molecular complexity index is 433. The van der Waals surface area contributed by atoms with Crippen LogP contribution in [0.5, 0.6) is 0 Å². The fourth-order valence-electron chi connectivity index (χ4n) is 1.63. The highest BCUT2D eigenvalue weighted by Gasteiger charge is 2.02. The molecule has 0 spiro atoms. The maximum absolute atomic E-state index is 13.4. The quantitative estimate of drug-likeness (QED) is 0.457. The zero-order valence-electron chi connectivity index (χ0n) is 12.7. The number of hydrogen-bond donors (Lipinski definition) is 2. The van der Waals surface area contributed by atoms with E-state index in [9.17, 15) is 4.39 Å². The van der Waals surface area contributed by atoms with Crippen molar-refractivity contribution in [3.05, 3.63) is 35.1 Å². The largest absolute Gasteiger partial charge is 0.356 e. The predicted octanol–water partition coefficient (Wildman–Crippen LogP) is 3.46.